The second-order valence-corrected chi connectivity index (χ2v) is 9.81. The van der Waals surface area contributed by atoms with Gasteiger partial charge in [-0.25, -0.2) is 9.79 Å². The number of benzene rings is 3. The van der Waals surface area contributed by atoms with Crippen LogP contribution in [0.5, 0.6) is 11.5 Å². The van der Waals surface area contributed by atoms with Gasteiger partial charge >= 0.3 is 5.97 Å². The highest BCUT2D eigenvalue weighted by molar-refractivity contribution is 14.1. The lowest BCUT2D eigenvalue weighted by atomic mass is 10.1. The zero-order valence-electron chi connectivity index (χ0n) is 17.1. The van der Waals surface area contributed by atoms with Gasteiger partial charge in [0.05, 0.1) is 20.7 Å². The van der Waals surface area contributed by atoms with Crippen LogP contribution in [0.2, 0.25) is 10.0 Å². The van der Waals surface area contributed by atoms with Crippen LogP contribution in [-0.2, 0) is 16.1 Å². The van der Waals surface area contributed by atoms with Gasteiger partial charge in [0.15, 0.2) is 17.2 Å². The van der Waals surface area contributed by atoms with E-state index in [1.165, 1.54) is 0 Å². The molecule has 0 radical (unpaired) electrons. The van der Waals surface area contributed by atoms with Gasteiger partial charge in [-0.05, 0) is 82.3 Å². The van der Waals surface area contributed by atoms with Gasteiger partial charge in [-0.15, -0.1) is 0 Å². The van der Waals surface area contributed by atoms with Gasteiger partial charge < -0.3 is 14.2 Å². The molecule has 3 aromatic rings. The summed E-state index contributed by atoms with van der Waals surface area (Å²) in [4.78, 5) is 16.7. The molecule has 0 bridgehead atoms. The number of esters is 1. The van der Waals surface area contributed by atoms with Crippen LogP contribution in [0, 0.1) is 3.57 Å². The monoisotopic (exact) mass is 657 g/mol. The molecule has 1 aliphatic heterocycles. The van der Waals surface area contributed by atoms with E-state index in [0.29, 0.717) is 33.7 Å². The minimum atomic E-state index is -0.556. The lowest BCUT2D eigenvalue weighted by Gasteiger charge is -2.14. The van der Waals surface area contributed by atoms with Gasteiger partial charge in [0.2, 0.25) is 5.90 Å². The molecule has 0 saturated carbocycles. The van der Waals surface area contributed by atoms with E-state index in [1.807, 2.05) is 30.3 Å². The van der Waals surface area contributed by atoms with Crippen molar-refractivity contribution in [1.29, 1.82) is 0 Å². The Hall–Kier alpha value is -2.07. The van der Waals surface area contributed by atoms with E-state index in [9.17, 15) is 4.79 Å². The van der Waals surface area contributed by atoms with Gasteiger partial charge in [-0.1, -0.05) is 51.3 Å². The molecule has 0 fully saturated rings. The number of aliphatic imine (C=N–C) groups is 1. The van der Waals surface area contributed by atoms with Crippen molar-refractivity contribution < 1.29 is 19.0 Å². The van der Waals surface area contributed by atoms with E-state index in [-0.39, 0.29) is 11.6 Å². The summed E-state index contributed by atoms with van der Waals surface area (Å²) in [6.45, 7) is 0.385. The number of ether oxygens (including phenoxy) is 3. The summed E-state index contributed by atoms with van der Waals surface area (Å²) >= 11 is 17.7. The first-order valence-corrected chi connectivity index (χ1v) is 12.2. The summed E-state index contributed by atoms with van der Waals surface area (Å²) in [7, 11) is 1.57. The smallest absolute Gasteiger partial charge is 0.363 e. The Labute approximate surface area is 222 Å². The predicted octanol–water partition coefficient (Wildman–Crippen LogP) is 7.29. The van der Waals surface area contributed by atoms with Crippen LogP contribution < -0.4 is 9.47 Å². The van der Waals surface area contributed by atoms with Crippen molar-refractivity contribution in [3.63, 3.8) is 0 Å². The Morgan fingerprint density at radius 3 is 2.67 bits per heavy atom. The first-order valence-electron chi connectivity index (χ1n) is 9.57. The quantitative estimate of drug-likeness (QED) is 0.159. The number of rotatable bonds is 6. The van der Waals surface area contributed by atoms with Crippen molar-refractivity contribution in [2.24, 2.45) is 4.99 Å². The highest BCUT2D eigenvalue weighted by Gasteiger charge is 2.25. The van der Waals surface area contributed by atoms with Crippen LogP contribution >= 0.6 is 61.7 Å². The maximum atomic E-state index is 12.4. The molecule has 1 aliphatic rings. The largest absolute Gasteiger partial charge is 0.493 e. The zero-order valence-corrected chi connectivity index (χ0v) is 22.3. The van der Waals surface area contributed by atoms with Crippen molar-refractivity contribution in [1.82, 2.24) is 0 Å². The van der Waals surface area contributed by atoms with Gasteiger partial charge in [0, 0.05) is 10.0 Å². The molecule has 3 aromatic carbocycles. The Balaban J connectivity index is 1.59. The van der Waals surface area contributed by atoms with Crippen LogP contribution in [0.15, 0.2) is 69.8 Å². The first-order chi connectivity index (χ1) is 15.8. The van der Waals surface area contributed by atoms with Crippen molar-refractivity contribution >= 4 is 79.7 Å². The minimum absolute atomic E-state index is 0.164. The average Bonchev–Trinajstić information content (AvgIpc) is 3.14. The Morgan fingerprint density at radius 1 is 1.12 bits per heavy atom. The van der Waals surface area contributed by atoms with Crippen LogP contribution in [0.4, 0.5) is 0 Å². The van der Waals surface area contributed by atoms with Gasteiger partial charge in [0.1, 0.15) is 6.61 Å². The molecule has 0 spiro atoms. The van der Waals surface area contributed by atoms with Crippen molar-refractivity contribution in [2.75, 3.05) is 7.11 Å². The van der Waals surface area contributed by atoms with Crippen molar-refractivity contribution in [3.8, 4) is 11.5 Å². The number of methoxy groups -OCH3 is 1. The number of carbonyl (C=O) groups is 1. The minimum Gasteiger partial charge on any atom is -0.493 e. The van der Waals surface area contributed by atoms with Crippen LogP contribution in [-0.4, -0.2) is 19.0 Å². The lowest BCUT2D eigenvalue weighted by molar-refractivity contribution is -0.129. The molecule has 0 atom stereocenters. The topological polar surface area (TPSA) is 57.1 Å². The van der Waals surface area contributed by atoms with E-state index in [0.717, 1.165) is 19.2 Å². The second kappa shape index (κ2) is 10.5. The van der Waals surface area contributed by atoms with E-state index in [4.69, 9.17) is 37.4 Å². The molecule has 0 aromatic heterocycles. The Morgan fingerprint density at radius 2 is 1.94 bits per heavy atom. The molecule has 0 N–H and O–H groups in total. The summed E-state index contributed by atoms with van der Waals surface area (Å²) in [5.41, 5.74) is 2.46. The predicted molar refractivity (Wildman–Crippen MR) is 141 cm³/mol. The molecule has 4 rings (SSSR count). The first kappa shape index (κ1) is 24.1. The number of cyclic esters (lactones) is 1. The molecule has 0 aliphatic carbocycles. The number of nitrogens with zero attached hydrogens (tertiary/aromatic N) is 1. The molecule has 33 heavy (non-hydrogen) atoms. The molecule has 9 heteroatoms. The standard InChI is InChI=1S/C24H15BrCl2INO4/c1-31-21-10-14(8-19(28)22(21)32-12-13-3-2-4-16(25)7-13)9-20-24(30)33-23(29-20)15-5-6-17(26)18(27)11-15/h2-11H,12H2,1H3/b20-9-. The summed E-state index contributed by atoms with van der Waals surface area (Å²) in [5.74, 6) is 0.776. The molecule has 0 unspecified atom stereocenters. The molecule has 168 valence electrons. The highest BCUT2D eigenvalue weighted by Crippen LogP contribution is 2.36. The van der Waals surface area contributed by atoms with Crippen molar-refractivity contribution in [2.45, 2.75) is 6.61 Å². The lowest BCUT2D eigenvalue weighted by Crippen LogP contribution is -2.05. The molecular formula is C24H15BrCl2INO4. The van der Waals surface area contributed by atoms with Crippen LogP contribution in [0.25, 0.3) is 6.08 Å². The van der Waals surface area contributed by atoms with Gasteiger partial charge in [0.25, 0.3) is 0 Å². The van der Waals surface area contributed by atoms with Crippen LogP contribution in [0.3, 0.4) is 0 Å². The second-order valence-electron chi connectivity index (χ2n) is 6.92. The fourth-order valence-electron chi connectivity index (χ4n) is 3.07. The van der Waals surface area contributed by atoms with E-state index >= 15 is 0 Å². The van der Waals surface area contributed by atoms with Crippen LogP contribution in [0.1, 0.15) is 16.7 Å². The maximum Gasteiger partial charge on any atom is 0.363 e. The number of carbonyl (C=O) groups excluding carboxylic acids is 1. The molecule has 0 saturated heterocycles. The Kier molecular flexibility index (Phi) is 7.63. The molecule has 0 amide bonds. The molecule has 5 nitrogen and oxygen atoms in total. The zero-order chi connectivity index (χ0) is 23.5. The summed E-state index contributed by atoms with van der Waals surface area (Å²) in [5, 5.41) is 0.757. The van der Waals surface area contributed by atoms with Gasteiger partial charge in [-0.2, -0.15) is 0 Å². The maximum absolute atomic E-state index is 12.4. The van der Waals surface area contributed by atoms with Gasteiger partial charge in [-0.3, -0.25) is 0 Å². The third-order valence-electron chi connectivity index (χ3n) is 4.61. The number of hydrogen-bond donors (Lipinski definition) is 0. The van der Waals surface area contributed by atoms with E-state index < -0.39 is 5.97 Å². The highest BCUT2D eigenvalue weighted by atomic mass is 127. The number of halogens is 4. The SMILES string of the molecule is COc1cc(/C=C2\N=C(c3ccc(Cl)c(Cl)c3)OC2=O)cc(I)c1OCc1cccc(Br)c1. The van der Waals surface area contributed by atoms with Crippen molar-refractivity contribution in [3.05, 3.63) is 95.1 Å². The summed E-state index contributed by atoms with van der Waals surface area (Å²) in [6, 6.07) is 16.5. The third-order valence-corrected chi connectivity index (χ3v) is 6.65. The summed E-state index contributed by atoms with van der Waals surface area (Å²) < 4.78 is 18.7. The van der Waals surface area contributed by atoms with E-state index in [2.05, 4.69) is 43.5 Å². The molecule has 1 heterocycles. The molecular weight excluding hydrogens is 644 g/mol. The fraction of sp³-hybridized carbons (Fsp3) is 0.0833. The summed E-state index contributed by atoms with van der Waals surface area (Å²) in [6.07, 6.45) is 1.63. The number of hydrogen-bond acceptors (Lipinski definition) is 5. The normalized spacial score (nSPS) is 14.3. The van der Waals surface area contributed by atoms with E-state index in [1.54, 1.807) is 37.5 Å². The Bertz CT molecular complexity index is 1310. The third kappa shape index (κ3) is 5.71. The average molecular weight is 659 g/mol. The fourth-order valence-corrected chi connectivity index (χ4v) is 4.59.